The normalized spacial score (nSPS) is 12.9. The summed E-state index contributed by atoms with van der Waals surface area (Å²) in [5, 5.41) is 9.43. The first kappa shape index (κ1) is 31.6. The lowest BCUT2D eigenvalue weighted by Crippen LogP contribution is -2.27. The summed E-state index contributed by atoms with van der Waals surface area (Å²) in [7, 11) is 0. The van der Waals surface area contributed by atoms with Crippen LogP contribution in [0.3, 0.4) is 0 Å². The summed E-state index contributed by atoms with van der Waals surface area (Å²) in [5.74, 6) is -0.234. The first-order valence-corrected chi connectivity index (χ1v) is 13.6. The molecule has 0 aliphatic rings. The fraction of sp³-hybridized carbons (Fsp3) is 0.759. The molecule has 0 aromatic carbocycles. The van der Waals surface area contributed by atoms with Gasteiger partial charge in [-0.1, -0.05) is 102 Å². The SMILES string of the molecule is CC/C=C\C/C=C\C/C=C\CCCCCC(=O)OC(CO)COCCCCCCCCCC. The minimum absolute atomic E-state index is 0.183. The number of ether oxygens (including phenoxy) is 2. The van der Waals surface area contributed by atoms with Gasteiger partial charge in [0.15, 0.2) is 0 Å². The highest BCUT2D eigenvalue weighted by Crippen LogP contribution is 2.09. The monoisotopic (exact) mass is 464 g/mol. The first-order chi connectivity index (χ1) is 16.2. The van der Waals surface area contributed by atoms with Gasteiger partial charge in [-0.05, 0) is 44.9 Å². The molecule has 0 aromatic rings. The minimum Gasteiger partial charge on any atom is -0.457 e. The maximum absolute atomic E-state index is 12.0. The number of aliphatic hydroxyl groups is 1. The molecule has 192 valence electrons. The number of unbranched alkanes of at least 4 members (excludes halogenated alkanes) is 10. The highest BCUT2D eigenvalue weighted by Gasteiger charge is 2.13. The van der Waals surface area contributed by atoms with E-state index in [1.165, 1.54) is 44.9 Å². The van der Waals surface area contributed by atoms with Crippen LogP contribution in [-0.4, -0.2) is 37.0 Å². The Bertz CT molecular complexity index is 496. The van der Waals surface area contributed by atoms with Crippen molar-refractivity contribution < 1.29 is 19.4 Å². The quantitative estimate of drug-likeness (QED) is 0.0897. The Hall–Kier alpha value is -1.39. The van der Waals surface area contributed by atoms with E-state index >= 15 is 0 Å². The number of carbonyl (C=O) groups is 1. The molecule has 4 nitrogen and oxygen atoms in total. The summed E-state index contributed by atoms with van der Waals surface area (Å²) < 4.78 is 11.0. The molecule has 0 amide bonds. The molecule has 0 heterocycles. The lowest BCUT2D eigenvalue weighted by molar-refractivity contribution is -0.154. The van der Waals surface area contributed by atoms with Gasteiger partial charge in [0.2, 0.25) is 0 Å². The smallest absolute Gasteiger partial charge is 0.306 e. The van der Waals surface area contributed by atoms with Gasteiger partial charge in [0.25, 0.3) is 0 Å². The Morgan fingerprint density at radius 2 is 1.36 bits per heavy atom. The van der Waals surface area contributed by atoms with Crippen LogP contribution >= 0.6 is 0 Å². The molecule has 0 aliphatic carbocycles. The van der Waals surface area contributed by atoms with Crippen molar-refractivity contribution in [2.75, 3.05) is 19.8 Å². The van der Waals surface area contributed by atoms with Gasteiger partial charge in [-0.3, -0.25) is 4.79 Å². The van der Waals surface area contributed by atoms with E-state index in [-0.39, 0.29) is 19.2 Å². The third-order valence-corrected chi connectivity index (χ3v) is 5.48. The molecule has 0 rings (SSSR count). The summed E-state index contributed by atoms with van der Waals surface area (Å²) in [5.41, 5.74) is 0. The minimum atomic E-state index is -0.542. The molecule has 0 spiro atoms. The van der Waals surface area contributed by atoms with Crippen molar-refractivity contribution in [2.24, 2.45) is 0 Å². The fourth-order valence-electron chi connectivity index (χ4n) is 3.46. The number of hydrogen-bond donors (Lipinski definition) is 1. The van der Waals surface area contributed by atoms with Crippen LogP contribution in [0.5, 0.6) is 0 Å². The molecule has 0 saturated carbocycles. The van der Waals surface area contributed by atoms with Gasteiger partial charge in [-0.2, -0.15) is 0 Å². The topological polar surface area (TPSA) is 55.8 Å². The van der Waals surface area contributed by atoms with Crippen LogP contribution in [0.2, 0.25) is 0 Å². The van der Waals surface area contributed by atoms with Gasteiger partial charge in [0.05, 0.1) is 13.2 Å². The van der Waals surface area contributed by atoms with E-state index in [9.17, 15) is 9.90 Å². The Morgan fingerprint density at radius 3 is 2.03 bits per heavy atom. The Morgan fingerprint density at radius 1 is 0.758 bits per heavy atom. The van der Waals surface area contributed by atoms with E-state index in [1.807, 2.05) is 0 Å². The van der Waals surface area contributed by atoms with Crippen LogP contribution < -0.4 is 0 Å². The van der Waals surface area contributed by atoms with Crippen molar-refractivity contribution in [1.29, 1.82) is 0 Å². The highest BCUT2D eigenvalue weighted by molar-refractivity contribution is 5.69. The molecule has 1 unspecified atom stereocenters. The van der Waals surface area contributed by atoms with Crippen molar-refractivity contribution in [1.82, 2.24) is 0 Å². The summed E-state index contributed by atoms with van der Waals surface area (Å²) >= 11 is 0. The lowest BCUT2D eigenvalue weighted by atomic mass is 10.1. The Labute approximate surface area is 204 Å². The van der Waals surface area contributed by atoms with Crippen molar-refractivity contribution in [3.63, 3.8) is 0 Å². The zero-order valence-electron chi connectivity index (χ0n) is 21.6. The molecule has 0 aliphatic heterocycles. The second kappa shape index (κ2) is 26.9. The first-order valence-electron chi connectivity index (χ1n) is 13.6. The van der Waals surface area contributed by atoms with Crippen molar-refractivity contribution in [3.8, 4) is 0 Å². The third kappa shape index (κ3) is 25.1. The van der Waals surface area contributed by atoms with Crippen LogP contribution in [0.25, 0.3) is 0 Å². The van der Waals surface area contributed by atoms with Crippen molar-refractivity contribution >= 4 is 5.97 Å². The summed E-state index contributed by atoms with van der Waals surface area (Å²) in [6.07, 6.45) is 30.2. The van der Waals surface area contributed by atoms with Crippen LogP contribution in [-0.2, 0) is 14.3 Å². The number of aliphatic hydroxyl groups excluding tert-OH is 1. The van der Waals surface area contributed by atoms with Gasteiger partial charge < -0.3 is 14.6 Å². The van der Waals surface area contributed by atoms with Gasteiger partial charge >= 0.3 is 5.97 Å². The average molecular weight is 465 g/mol. The number of carbonyl (C=O) groups excluding carboxylic acids is 1. The summed E-state index contributed by atoms with van der Waals surface area (Å²) in [4.78, 5) is 12.0. The zero-order chi connectivity index (χ0) is 24.2. The molecule has 33 heavy (non-hydrogen) atoms. The molecular weight excluding hydrogens is 412 g/mol. The molecule has 1 N–H and O–H groups in total. The average Bonchev–Trinajstić information content (AvgIpc) is 2.82. The molecule has 0 saturated heterocycles. The molecule has 4 heteroatoms. The predicted octanol–water partition coefficient (Wildman–Crippen LogP) is 7.86. The van der Waals surface area contributed by atoms with Crippen LogP contribution in [0.15, 0.2) is 36.5 Å². The predicted molar refractivity (Wildman–Crippen MR) is 140 cm³/mol. The van der Waals surface area contributed by atoms with Crippen LogP contribution in [0, 0.1) is 0 Å². The Kier molecular flexibility index (Phi) is 25.7. The second-order valence-electron chi connectivity index (χ2n) is 8.74. The van der Waals surface area contributed by atoms with Crippen LogP contribution in [0.1, 0.15) is 117 Å². The maximum Gasteiger partial charge on any atom is 0.306 e. The van der Waals surface area contributed by atoms with Crippen molar-refractivity contribution in [3.05, 3.63) is 36.5 Å². The number of rotatable bonds is 24. The Balaban J connectivity index is 3.57. The lowest BCUT2D eigenvalue weighted by Gasteiger charge is -2.15. The summed E-state index contributed by atoms with van der Waals surface area (Å²) in [6, 6.07) is 0. The van der Waals surface area contributed by atoms with Crippen molar-refractivity contribution in [2.45, 2.75) is 123 Å². The third-order valence-electron chi connectivity index (χ3n) is 5.48. The van der Waals surface area contributed by atoms with E-state index < -0.39 is 6.10 Å². The molecule has 0 bridgehead atoms. The van der Waals surface area contributed by atoms with Gasteiger partial charge in [0.1, 0.15) is 6.10 Å². The van der Waals surface area contributed by atoms with E-state index in [4.69, 9.17) is 9.47 Å². The molecule has 0 aromatic heterocycles. The number of allylic oxidation sites excluding steroid dienone is 6. The number of esters is 1. The summed E-state index contributed by atoms with van der Waals surface area (Å²) in [6.45, 7) is 5.15. The van der Waals surface area contributed by atoms with E-state index in [0.29, 0.717) is 13.0 Å². The van der Waals surface area contributed by atoms with Gasteiger partial charge in [0, 0.05) is 13.0 Å². The van der Waals surface area contributed by atoms with Gasteiger partial charge in [-0.25, -0.2) is 0 Å². The van der Waals surface area contributed by atoms with E-state index in [1.54, 1.807) is 0 Å². The molecule has 0 radical (unpaired) electrons. The largest absolute Gasteiger partial charge is 0.457 e. The second-order valence-corrected chi connectivity index (χ2v) is 8.74. The molecule has 0 fully saturated rings. The maximum atomic E-state index is 12.0. The van der Waals surface area contributed by atoms with E-state index in [2.05, 4.69) is 50.3 Å². The molecular formula is C29H52O4. The van der Waals surface area contributed by atoms with E-state index in [0.717, 1.165) is 51.4 Å². The molecule has 1 atom stereocenters. The number of hydrogen-bond acceptors (Lipinski definition) is 4. The van der Waals surface area contributed by atoms with Crippen LogP contribution in [0.4, 0.5) is 0 Å². The van der Waals surface area contributed by atoms with Gasteiger partial charge in [-0.15, -0.1) is 0 Å². The fourth-order valence-corrected chi connectivity index (χ4v) is 3.46. The zero-order valence-corrected chi connectivity index (χ0v) is 21.6. The highest BCUT2D eigenvalue weighted by atomic mass is 16.6. The standard InChI is InChI=1S/C29H52O4/c1-3-5-7-9-11-13-14-15-16-17-18-20-22-24-29(31)33-28(26-30)27-32-25-23-21-19-12-10-8-6-4-2/h5,7,11,13,15-16,28,30H,3-4,6,8-10,12,14,17-27H2,1-2H3/b7-5-,13-11-,16-15-.